The molecule has 64 heavy (non-hydrogen) atoms. The minimum Gasteiger partial charge on any atom is -0.491 e. The smallest absolute Gasteiger partial charge is 0.419 e. The highest BCUT2D eigenvalue weighted by Gasteiger charge is 2.38. The van der Waals surface area contributed by atoms with Gasteiger partial charge in [-0.15, -0.1) is 0 Å². The number of benzene rings is 2. The fourth-order valence-electron chi connectivity index (χ4n) is 7.32. The Balaban J connectivity index is 0.000000248. The van der Waals surface area contributed by atoms with Gasteiger partial charge in [-0.3, -0.25) is 0 Å². The Morgan fingerprint density at radius 3 is 1.77 bits per heavy atom. The van der Waals surface area contributed by atoms with E-state index in [0.29, 0.717) is 46.7 Å². The van der Waals surface area contributed by atoms with E-state index in [0.717, 1.165) is 12.1 Å². The Morgan fingerprint density at radius 1 is 0.719 bits per heavy atom. The number of imidazole rings is 2. The lowest BCUT2D eigenvalue weighted by molar-refractivity contribution is -0.139. The number of alkyl carbamates (subject to hydrolysis) is 1. The van der Waals surface area contributed by atoms with Crippen LogP contribution in [0.4, 0.5) is 31.1 Å². The first kappa shape index (κ1) is 49.4. The van der Waals surface area contributed by atoms with E-state index in [1.165, 1.54) is 45.7 Å². The second kappa shape index (κ2) is 19.2. The first-order valence-corrected chi connectivity index (χ1v) is 20.8. The molecule has 0 spiro atoms. The van der Waals surface area contributed by atoms with Gasteiger partial charge < -0.3 is 25.3 Å². The predicted octanol–water partition coefficient (Wildman–Crippen LogP) is 11.3. The molecular weight excluding hydrogens is 866 g/mol. The fraction of sp³-hybridized carbons (Fsp3) is 0.444. The van der Waals surface area contributed by atoms with Crippen molar-refractivity contribution in [3.63, 3.8) is 0 Å². The number of hydrogen-bond acceptors (Lipinski definition) is 9. The number of nitrogens with two attached hydrogens (primary N) is 1. The number of alkyl halides is 6. The molecule has 0 aliphatic rings. The number of carbonyl (C=O) groups is 1. The van der Waals surface area contributed by atoms with E-state index in [2.05, 4.69) is 25.5 Å². The van der Waals surface area contributed by atoms with Crippen LogP contribution in [0.1, 0.15) is 86.3 Å². The zero-order valence-electron chi connectivity index (χ0n) is 37.0. The number of amides is 1. The highest BCUT2D eigenvalue weighted by Crippen LogP contribution is 2.41. The standard InChI is InChI=1S/C25H30ClF3N4O3.C20H23F3N4O/c1-15(2)13-24(6,31-22(34)36-23(3,4)5)14-35-19-8-7-16(11-18(19)25(27,28)29)17-12-20(26)32-33-10-9-30-21(17)33;1-13(2)11-19(3,24)12-28-17-5-4-14(10-16(17)20(21,22)23)15-6-7-26-27-9-8-25-18(15)27/h7-12,15H,13-14H2,1-6H3,(H,31,34);4-10,13H,11-12,24H2,1-3H3/t24-;19-/m00/s1. The molecule has 4 aromatic heterocycles. The predicted molar refractivity (Wildman–Crippen MR) is 232 cm³/mol. The molecule has 0 aliphatic heterocycles. The zero-order chi connectivity index (χ0) is 47.4. The minimum atomic E-state index is -4.69. The Morgan fingerprint density at radius 2 is 1.23 bits per heavy atom. The fourth-order valence-corrected chi connectivity index (χ4v) is 7.51. The summed E-state index contributed by atoms with van der Waals surface area (Å²) in [5.74, 6) is -0.144. The van der Waals surface area contributed by atoms with Crippen molar-refractivity contribution in [1.82, 2.24) is 34.5 Å². The lowest BCUT2D eigenvalue weighted by Gasteiger charge is -2.33. The third-order valence-electron chi connectivity index (χ3n) is 9.46. The molecule has 0 saturated carbocycles. The van der Waals surface area contributed by atoms with Crippen molar-refractivity contribution in [3.05, 3.63) is 95.8 Å². The van der Waals surface area contributed by atoms with E-state index in [1.807, 2.05) is 27.7 Å². The van der Waals surface area contributed by atoms with Crippen LogP contribution in [0, 0.1) is 11.8 Å². The Kier molecular flexibility index (Phi) is 14.8. The van der Waals surface area contributed by atoms with Crippen molar-refractivity contribution in [2.45, 2.75) is 104 Å². The molecule has 0 fully saturated rings. The number of hydrogen-bond donors (Lipinski definition) is 2. The van der Waals surface area contributed by atoms with E-state index in [9.17, 15) is 31.1 Å². The summed E-state index contributed by atoms with van der Waals surface area (Å²) in [5.41, 5.74) is 4.40. The number of nitrogens with zero attached hydrogens (tertiary/aromatic N) is 6. The molecule has 0 bridgehead atoms. The van der Waals surface area contributed by atoms with E-state index in [1.54, 1.807) is 65.3 Å². The number of ether oxygens (including phenoxy) is 3. The van der Waals surface area contributed by atoms with Crippen molar-refractivity contribution in [2.24, 2.45) is 17.6 Å². The molecule has 6 aromatic rings. The molecule has 0 unspecified atom stereocenters. The highest BCUT2D eigenvalue weighted by molar-refractivity contribution is 6.29. The molecular formula is C45H53ClF6N8O4. The average Bonchev–Trinajstić information content (AvgIpc) is 3.84. The van der Waals surface area contributed by atoms with Crippen LogP contribution in [0.25, 0.3) is 33.5 Å². The van der Waals surface area contributed by atoms with Gasteiger partial charge in [0.25, 0.3) is 0 Å². The SMILES string of the molecule is CC(C)C[C@@](C)(COc1ccc(-c2cc(Cl)nn3ccnc23)cc1C(F)(F)F)NC(=O)OC(C)(C)C.CC(C)C[C@](C)(N)COc1ccc(-c2ccnn3ccnc23)cc1C(F)(F)F. The monoisotopic (exact) mass is 918 g/mol. The molecule has 1 amide bonds. The van der Waals surface area contributed by atoms with Crippen LogP contribution in [0.15, 0.2) is 79.5 Å². The maximum atomic E-state index is 14.1. The van der Waals surface area contributed by atoms with Gasteiger partial charge in [-0.25, -0.2) is 23.8 Å². The maximum absolute atomic E-state index is 14.1. The summed E-state index contributed by atoms with van der Waals surface area (Å²) in [6.07, 6.45) is -1.08. The molecule has 2 aromatic carbocycles. The van der Waals surface area contributed by atoms with Crippen LogP contribution < -0.4 is 20.5 Å². The topological polar surface area (TPSA) is 143 Å². The molecule has 4 heterocycles. The Hall–Kier alpha value is -5.62. The van der Waals surface area contributed by atoms with Gasteiger partial charge in [-0.05, 0) is 107 Å². The van der Waals surface area contributed by atoms with Crippen molar-refractivity contribution in [3.8, 4) is 33.8 Å². The average molecular weight is 919 g/mol. The van der Waals surface area contributed by atoms with Crippen LogP contribution in [0.5, 0.6) is 11.5 Å². The quantitative estimate of drug-likeness (QED) is 0.108. The van der Waals surface area contributed by atoms with Crippen LogP contribution in [0.3, 0.4) is 0 Å². The minimum absolute atomic E-state index is 0.00658. The highest BCUT2D eigenvalue weighted by atomic mass is 35.5. The number of halogens is 7. The molecule has 0 saturated heterocycles. The molecule has 12 nitrogen and oxygen atoms in total. The lowest BCUT2D eigenvalue weighted by Crippen LogP contribution is -2.52. The second-order valence-corrected chi connectivity index (χ2v) is 18.4. The molecule has 3 N–H and O–H groups in total. The summed E-state index contributed by atoms with van der Waals surface area (Å²) >= 11 is 6.06. The first-order valence-electron chi connectivity index (χ1n) is 20.4. The van der Waals surface area contributed by atoms with Gasteiger partial charge >= 0.3 is 18.4 Å². The first-order chi connectivity index (χ1) is 29.6. The summed E-state index contributed by atoms with van der Waals surface area (Å²) in [4.78, 5) is 20.8. The summed E-state index contributed by atoms with van der Waals surface area (Å²) in [6.45, 7) is 16.4. The number of fused-ring (bicyclic) bond motifs is 2. The van der Waals surface area contributed by atoms with Gasteiger partial charge in [0.15, 0.2) is 16.4 Å². The molecule has 6 rings (SSSR count). The summed E-state index contributed by atoms with van der Waals surface area (Å²) in [7, 11) is 0. The molecule has 2 atom stereocenters. The third kappa shape index (κ3) is 13.2. The van der Waals surface area contributed by atoms with Crippen molar-refractivity contribution in [2.75, 3.05) is 13.2 Å². The van der Waals surface area contributed by atoms with Gasteiger partial charge in [-0.1, -0.05) is 51.4 Å². The third-order valence-corrected chi connectivity index (χ3v) is 9.64. The van der Waals surface area contributed by atoms with Gasteiger partial charge in [0, 0.05) is 47.7 Å². The van der Waals surface area contributed by atoms with Gasteiger partial charge in [0.1, 0.15) is 30.3 Å². The molecule has 0 radical (unpaired) electrons. The Labute approximate surface area is 372 Å². The van der Waals surface area contributed by atoms with Crippen molar-refractivity contribution < 1.29 is 45.3 Å². The summed E-state index contributed by atoms with van der Waals surface area (Å²) < 4.78 is 103. The van der Waals surface area contributed by atoms with Crippen LogP contribution in [-0.4, -0.2) is 65.2 Å². The number of aromatic nitrogens is 6. The van der Waals surface area contributed by atoms with E-state index >= 15 is 0 Å². The van der Waals surface area contributed by atoms with E-state index in [-0.39, 0.29) is 41.3 Å². The van der Waals surface area contributed by atoms with Gasteiger partial charge in [0.05, 0.1) is 16.7 Å². The zero-order valence-corrected chi connectivity index (χ0v) is 37.8. The van der Waals surface area contributed by atoms with Crippen LogP contribution in [-0.2, 0) is 17.1 Å². The molecule has 0 aliphatic carbocycles. The largest absolute Gasteiger partial charge is 0.491 e. The summed E-state index contributed by atoms with van der Waals surface area (Å²) in [5, 5.41) is 11.0. The lowest BCUT2D eigenvalue weighted by atomic mass is 9.91. The van der Waals surface area contributed by atoms with E-state index in [4.69, 9.17) is 31.5 Å². The van der Waals surface area contributed by atoms with Crippen LogP contribution in [0.2, 0.25) is 5.15 Å². The van der Waals surface area contributed by atoms with Crippen LogP contribution >= 0.6 is 11.6 Å². The van der Waals surface area contributed by atoms with Crippen molar-refractivity contribution >= 4 is 29.0 Å². The number of rotatable bonds is 13. The second-order valence-electron chi connectivity index (χ2n) is 18.0. The van der Waals surface area contributed by atoms with Gasteiger partial charge in [-0.2, -0.15) is 36.5 Å². The maximum Gasteiger partial charge on any atom is 0.419 e. The Bertz CT molecular complexity index is 2550. The normalized spacial score (nSPS) is 14.2. The van der Waals surface area contributed by atoms with Gasteiger partial charge in [0.2, 0.25) is 0 Å². The van der Waals surface area contributed by atoms with Crippen molar-refractivity contribution in [1.29, 1.82) is 0 Å². The number of nitrogens with one attached hydrogen (secondary N) is 1. The molecule has 19 heteroatoms. The van der Waals surface area contributed by atoms with E-state index < -0.39 is 46.3 Å². The molecule has 346 valence electrons. The summed E-state index contributed by atoms with van der Waals surface area (Å²) in [6, 6.07) is 10.9. The number of carbonyl (C=O) groups excluding carboxylic acids is 1.